The summed E-state index contributed by atoms with van der Waals surface area (Å²) in [7, 11) is 1.72. The Morgan fingerprint density at radius 3 is 2.33 bits per heavy atom. The minimum Gasteiger partial charge on any atom is -0.359 e. The Balaban J connectivity index is 3.48. The lowest BCUT2D eigenvalue weighted by molar-refractivity contribution is -0.121. The molecule has 0 aliphatic heterocycles. The number of amides is 1. The minimum absolute atomic E-state index is 0.190. The highest BCUT2D eigenvalue weighted by Gasteiger charge is 2.10. The van der Waals surface area contributed by atoms with Crippen LogP contribution in [0, 0.1) is 5.92 Å². The van der Waals surface area contributed by atoms with E-state index >= 15 is 0 Å². The van der Waals surface area contributed by atoms with Crippen LogP contribution >= 0.6 is 0 Å². The van der Waals surface area contributed by atoms with Gasteiger partial charge in [-0.05, 0) is 12.3 Å². The maximum Gasteiger partial charge on any atom is 0.220 e. The van der Waals surface area contributed by atoms with Crippen molar-refractivity contribution in [2.75, 3.05) is 7.05 Å². The second-order valence-corrected chi connectivity index (χ2v) is 4.35. The van der Waals surface area contributed by atoms with Crippen molar-refractivity contribution < 1.29 is 4.79 Å². The summed E-state index contributed by atoms with van der Waals surface area (Å²) < 4.78 is 0. The molecule has 0 rings (SSSR count). The predicted octanol–water partition coefficient (Wildman–Crippen LogP) is 3.51. The molecule has 2 heteroatoms. The van der Waals surface area contributed by atoms with Gasteiger partial charge in [0.2, 0.25) is 5.91 Å². The molecule has 0 aliphatic carbocycles. The van der Waals surface area contributed by atoms with E-state index in [1.807, 2.05) is 0 Å². The summed E-state index contributed by atoms with van der Waals surface area (Å²) in [4.78, 5) is 11.2. The van der Waals surface area contributed by atoms with Crippen molar-refractivity contribution in [1.82, 2.24) is 5.32 Å². The number of nitrogens with one attached hydrogen (secondary N) is 1. The summed E-state index contributed by atoms with van der Waals surface area (Å²) >= 11 is 0. The van der Waals surface area contributed by atoms with Crippen LogP contribution in [-0.4, -0.2) is 13.0 Å². The molecule has 90 valence electrons. The highest BCUT2D eigenvalue weighted by molar-refractivity contribution is 5.75. The third kappa shape index (κ3) is 8.46. The van der Waals surface area contributed by atoms with Gasteiger partial charge in [-0.15, -0.1) is 0 Å². The van der Waals surface area contributed by atoms with Gasteiger partial charge in [0.05, 0.1) is 0 Å². The smallest absolute Gasteiger partial charge is 0.220 e. The Kier molecular flexibility index (Phi) is 9.65. The first-order valence-corrected chi connectivity index (χ1v) is 6.45. The molecule has 1 unspecified atom stereocenters. The van der Waals surface area contributed by atoms with Crippen LogP contribution in [0.5, 0.6) is 0 Å². The van der Waals surface area contributed by atoms with Crippen molar-refractivity contribution in [3.63, 3.8) is 0 Å². The van der Waals surface area contributed by atoms with Gasteiger partial charge in [0.15, 0.2) is 0 Å². The fourth-order valence-electron chi connectivity index (χ4n) is 1.85. The second kappa shape index (κ2) is 10.0. The molecule has 0 saturated carbocycles. The van der Waals surface area contributed by atoms with Gasteiger partial charge in [-0.1, -0.05) is 52.4 Å². The van der Waals surface area contributed by atoms with E-state index < -0.39 is 0 Å². The van der Waals surface area contributed by atoms with Crippen molar-refractivity contribution in [2.24, 2.45) is 5.92 Å². The van der Waals surface area contributed by atoms with E-state index in [1.54, 1.807) is 7.05 Å². The van der Waals surface area contributed by atoms with Gasteiger partial charge >= 0.3 is 0 Å². The van der Waals surface area contributed by atoms with Gasteiger partial charge in [0.1, 0.15) is 0 Å². The lowest BCUT2D eigenvalue weighted by atomic mass is 9.94. The Bertz CT molecular complexity index is 157. The molecule has 15 heavy (non-hydrogen) atoms. The van der Waals surface area contributed by atoms with Crippen LogP contribution in [0.2, 0.25) is 0 Å². The summed E-state index contributed by atoms with van der Waals surface area (Å²) in [5.74, 6) is 0.780. The Labute approximate surface area is 94.8 Å². The molecule has 0 heterocycles. The zero-order chi connectivity index (χ0) is 11.5. The Morgan fingerprint density at radius 2 is 1.80 bits per heavy atom. The third-order valence-electron chi connectivity index (χ3n) is 3.05. The Morgan fingerprint density at radius 1 is 1.13 bits per heavy atom. The first-order valence-electron chi connectivity index (χ1n) is 6.45. The third-order valence-corrected chi connectivity index (χ3v) is 3.05. The van der Waals surface area contributed by atoms with E-state index in [0.29, 0.717) is 12.3 Å². The van der Waals surface area contributed by atoms with Crippen LogP contribution in [0.25, 0.3) is 0 Å². The average Bonchev–Trinajstić information content (AvgIpc) is 2.26. The molecule has 2 nitrogen and oxygen atoms in total. The van der Waals surface area contributed by atoms with Crippen molar-refractivity contribution in [3.8, 4) is 0 Å². The van der Waals surface area contributed by atoms with Gasteiger partial charge < -0.3 is 5.32 Å². The highest BCUT2D eigenvalue weighted by atomic mass is 16.1. The van der Waals surface area contributed by atoms with Gasteiger partial charge in [0.25, 0.3) is 0 Å². The van der Waals surface area contributed by atoms with Crippen LogP contribution in [0.15, 0.2) is 0 Å². The number of rotatable bonds is 9. The molecular formula is C13H27NO. The van der Waals surface area contributed by atoms with E-state index in [2.05, 4.69) is 19.2 Å². The molecule has 1 N–H and O–H groups in total. The molecule has 1 atom stereocenters. The summed E-state index contributed by atoms with van der Waals surface area (Å²) in [6.07, 6.45) is 9.68. The normalized spacial score (nSPS) is 12.5. The molecule has 0 aromatic heterocycles. The molecule has 0 aromatic carbocycles. The second-order valence-electron chi connectivity index (χ2n) is 4.35. The Hall–Kier alpha value is -0.530. The summed E-state index contributed by atoms with van der Waals surface area (Å²) in [6, 6.07) is 0. The van der Waals surface area contributed by atoms with E-state index in [9.17, 15) is 4.79 Å². The molecule has 0 saturated heterocycles. The quantitative estimate of drug-likeness (QED) is 0.583. The molecule has 0 spiro atoms. The van der Waals surface area contributed by atoms with Crippen molar-refractivity contribution in [2.45, 2.75) is 65.2 Å². The van der Waals surface area contributed by atoms with Crippen LogP contribution in [-0.2, 0) is 4.79 Å². The molecule has 0 fully saturated rings. The molecule has 0 aromatic rings. The van der Waals surface area contributed by atoms with Gasteiger partial charge in [0, 0.05) is 13.5 Å². The lowest BCUT2D eigenvalue weighted by Gasteiger charge is -2.13. The molecular weight excluding hydrogens is 186 g/mol. The van der Waals surface area contributed by atoms with E-state index in [1.165, 1.54) is 38.5 Å². The molecule has 0 aliphatic rings. The maximum atomic E-state index is 11.2. The fraction of sp³-hybridized carbons (Fsp3) is 0.923. The molecule has 0 bridgehead atoms. The average molecular weight is 213 g/mol. The number of hydrogen-bond acceptors (Lipinski definition) is 1. The van der Waals surface area contributed by atoms with Crippen LogP contribution < -0.4 is 5.32 Å². The van der Waals surface area contributed by atoms with E-state index in [-0.39, 0.29) is 5.91 Å². The maximum absolute atomic E-state index is 11.2. The summed E-state index contributed by atoms with van der Waals surface area (Å²) in [5, 5.41) is 2.70. The fourth-order valence-corrected chi connectivity index (χ4v) is 1.85. The van der Waals surface area contributed by atoms with Crippen molar-refractivity contribution in [1.29, 1.82) is 0 Å². The highest BCUT2D eigenvalue weighted by Crippen LogP contribution is 2.17. The number of carbonyl (C=O) groups excluding carboxylic acids is 1. The largest absolute Gasteiger partial charge is 0.359 e. The lowest BCUT2D eigenvalue weighted by Crippen LogP contribution is -2.21. The van der Waals surface area contributed by atoms with E-state index in [0.717, 1.165) is 6.42 Å². The molecule has 1 amide bonds. The first kappa shape index (κ1) is 14.5. The number of carbonyl (C=O) groups is 1. The molecule has 0 radical (unpaired) electrons. The summed E-state index contributed by atoms with van der Waals surface area (Å²) in [6.45, 7) is 4.42. The SMILES string of the molecule is CCCCCCCC(CC)CC(=O)NC. The van der Waals surface area contributed by atoms with Crippen LogP contribution in [0.1, 0.15) is 65.2 Å². The topological polar surface area (TPSA) is 29.1 Å². The minimum atomic E-state index is 0.190. The monoisotopic (exact) mass is 213 g/mol. The van der Waals surface area contributed by atoms with E-state index in [4.69, 9.17) is 0 Å². The van der Waals surface area contributed by atoms with Gasteiger partial charge in [-0.3, -0.25) is 4.79 Å². The van der Waals surface area contributed by atoms with Crippen LogP contribution in [0.4, 0.5) is 0 Å². The predicted molar refractivity (Wildman–Crippen MR) is 65.8 cm³/mol. The van der Waals surface area contributed by atoms with Gasteiger partial charge in [-0.25, -0.2) is 0 Å². The number of unbranched alkanes of at least 4 members (excludes halogenated alkanes) is 4. The van der Waals surface area contributed by atoms with Crippen molar-refractivity contribution in [3.05, 3.63) is 0 Å². The summed E-state index contributed by atoms with van der Waals surface area (Å²) in [5.41, 5.74) is 0. The first-order chi connectivity index (χ1) is 7.24. The zero-order valence-electron chi connectivity index (χ0n) is 10.6. The van der Waals surface area contributed by atoms with Crippen molar-refractivity contribution >= 4 is 5.91 Å². The number of hydrogen-bond donors (Lipinski definition) is 1. The van der Waals surface area contributed by atoms with Crippen LogP contribution in [0.3, 0.4) is 0 Å². The zero-order valence-corrected chi connectivity index (χ0v) is 10.6. The standard InChI is InChI=1S/C13H27NO/c1-4-6-7-8-9-10-12(5-2)11-13(15)14-3/h12H,4-11H2,1-3H3,(H,14,15). The van der Waals surface area contributed by atoms with Gasteiger partial charge in [-0.2, -0.15) is 0 Å².